The minimum Gasteiger partial charge on any atom is -0.261 e. The summed E-state index contributed by atoms with van der Waals surface area (Å²) in [5.74, 6) is 0.746. The molecule has 0 amide bonds. The van der Waals surface area contributed by atoms with Crippen molar-refractivity contribution in [3.05, 3.63) is 29.8 Å². The van der Waals surface area contributed by atoms with Crippen molar-refractivity contribution >= 4 is 10.2 Å². The van der Waals surface area contributed by atoms with Crippen LogP contribution in [0.5, 0.6) is 0 Å². The predicted octanol–water partition coefficient (Wildman–Crippen LogP) is 2.22. The van der Waals surface area contributed by atoms with Crippen molar-refractivity contribution in [2.24, 2.45) is 0 Å². The van der Waals surface area contributed by atoms with Crippen molar-refractivity contribution in [1.29, 1.82) is 0 Å². The lowest BCUT2D eigenvalue weighted by molar-refractivity contribution is 0.296. The molecule has 148 valence electrons. The maximum absolute atomic E-state index is 12.5. The van der Waals surface area contributed by atoms with E-state index in [4.69, 9.17) is 0 Å². The molecule has 0 radical (unpaired) electrons. The molecule has 27 heavy (non-hydrogen) atoms. The van der Waals surface area contributed by atoms with Gasteiger partial charge in [-0.1, -0.05) is 0 Å². The van der Waals surface area contributed by atoms with Crippen LogP contribution in [-0.2, 0) is 10.2 Å². The largest absolute Gasteiger partial charge is 0.281 e. The summed E-state index contributed by atoms with van der Waals surface area (Å²) in [6, 6.07) is 4.17. The van der Waals surface area contributed by atoms with Gasteiger partial charge in [-0.15, -0.1) is 0 Å². The normalized spacial score (nSPS) is 19.1. The second-order valence-corrected chi connectivity index (χ2v) is 9.61. The van der Waals surface area contributed by atoms with Crippen LogP contribution in [0, 0.1) is 6.92 Å². The van der Waals surface area contributed by atoms with Crippen LogP contribution in [0.2, 0.25) is 0 Å². The first-order valence-electron chi connectivity index (χ1n) is 9.27. The lowest BCUT2D eigenvalue weighted by atomic mass is 9.95. The van der Waals surface area contributed by atoms with Gasteiger partial charge in [0.25, 0.3) is 10.2 Å². The summed E-state index contributed by atoms with van der Waals surface area (Å²) in [4.78, 5) is 9.23. The van der Waals surface area contributed by atoms with E-state index in [0.29, 0.717) is 18.9 Å². The number of aromatic nitrogens is 4. The van der Waals surface area contributed by atoms with Gasteiger partial charge in [0.1, 0.15) is 5.82 Å². The fourth-order valence-electron chi connectivity index (χ4n) is 3.48. The molecule has 1 fully saturated rings. The van der Waals surface area contributed by atoms with E-state index >= 15 is 0 Å². The summed E-state index contributed by atoms with van der Waals surface area (Å²) in [6.45, 7) is 7.03. The molecule has 3 rings (SSSR count). The monoisotopic (exact) mass is 392 g/mol. The lowest BCUT2D eigenvalue weighted by Gasteiger charge is -2.33. The fraction of sp³-hybridized carbons (Fsp3) is 0.611. The Hall–Kier alpha value is -1.84. The molecule has 1 saturated heterocycles. The maximum atomic E-state index is 12.5. The van der Waals surface area contributed by atoms with E-state index in [1.165, 1.54) is 4.31 Å². The molecule has 2 aromatic rings. The highest BCUT2D eigenvalue weighted by atomic mass is 32.2. The minimum atomic E-state index is -3.41. The molecule has 2 aromatic heterocycles. The summed E-state index contributed by atoms with van der Waals surface area (Å²) in [5.41, 5.74) is 2.68. The molecular formula is C18H28N6O2S. The second-order valence-electron chi connectivity index (χ2n) is 7.47. The second kappa shape index (κ2) is 7.65. The number of nitrogens with zero attached hydrogens (tertiary/aromatic N) is 6. The van der Waals surface area contributed by atoms with Gasteiger partial charge in [-0.2, -0.15) is 22.1 Å². The number of hydrogen-bond donors (Lipinski definition) is 0. The van der Waals surface area contributed by atoms with Crippen LogP contribution in [0.4, 0.5) is 0 Å². The highest BCUT2D eigenvalue weighted by Gasteiger charge is 2.32. The SMILES string of the molecule is Cc1nc(-c2ccnn2C(C)C)cc(C2CCCN(S(=O)(=O)N(C)C)C2)n1. The van der Waals surface area contributed by atoms with Gasteiger partial charge >= 0.3 is 0 Å². The van der Waals surface area contributed by atoms with Crippen LogP contribution in [-0.4, -0.2) is 64.0 Å². The Bertz CT molecular complexity index is 906. The maximum Gasteiger partial charge on any atom is 0.281 e. The third-order valence-electron chi connectivity index (χ3n) is 4.87. The molecule has 1 aliphatic heterocycles. The van der Waals surface area contributed by atoms with Gasteiger partial charge in [-0.25, -0.2) is 9.97 Å². The van der Waals surface area contributed by atoms with Gasteiger partial charge in [0.05, 0.1) is 11.4 Å². The summed E-state index contributed by atoms with van der Waals surface area (Å²) in [6.07, 6.45) is 3.51. The van der Waals surface area contributed by atoms with Gasteiger partial charge in [-0.3, -0.25) is 4.68 Å². The molecule has 0 N–H and O–H groups in total. The van der Waals surface area contributed by atoms with Crippen LogP contribution < -0.4 is 0 Å². The van der Waals surface area contributed by atoms with E-state index in [-0.39, 0.29) is 12.0 Å². The first-order valence-corrected chi connectivity index (χ1v) is 10.7. The zero-order chi connectivity index (χ0) is 19.8. The molecule has 0 saturated carbocycles. The van der Waals surface area contributed by atoms with E-state index in [1.807, 2.05) is 23.7 Å². The molecule has 0 spiro atoms. The molecule has 3 heterocycles. The molecule has 9 heteroatoms. The zero-order valence-electron chi connectivity index (χ0n) is 16.6. The molecule has 1 atom stereocenters. The molecule has 0 bridgehead atoms. The van der Waals surface area contributed by atoms with E-state index in [9.17, 15) is 8.42 Å². The van der Waals surface area contributed by atoms with Gasteiger partial charge < -0.3 is 0 Å². The van der Waals surface area contributed by atoms with Crippen molar-refractivity contribution < 1.29 is 8.42 Å². The lowest BCUT2D eigenvalue weighted by Crippen LogP contribution is -2.45. The molecule has 1 aliphatic rings. The van der Waals surface area contributed by atoms with Crippen molar-refractivity contribution in [1.82, 2.24) is 28.4 Å². The summed E-state index contributed by atoms with van der Waals surface area (Å²) < 4.78 is 29.8. The molecule has 0 aliphatic carbocycles. The molecular weight excluding hydrogens is 364 g/mol. The molecule has 8 nitrogen and oxygen atoms in total. The van der Waals surface area contributed by atoms with E-state index < -0.39 is 10.2 Å². The van der Waals surface area contributed by atoms with Crippen molar-refractivity contribution in [3.63, 3.8) is 0 Å². The van der Waals surface area contributed by atoms with Gasteiger partial charge in [0.15, 0.2) is 0 Å². The zero-order valence-corrected chi connectivity index (χ0v) is 17.4. The third-order valence-corrected chi connectivity index (χ3v) is 6.78. The predicted molar refractivity (Wildman–Crippen MR) is 105 cm³/mol. The first-order chi connectivity index (χ1) is 12.7. The molecule has 0 aromatic carbocycles. The van der Waals surface area contributed by atoms with Crippen molar-refractivity contribution in [2.45, 2.75) is 45.6 Å². The average Bonchev–Trinajstić information content (AvgIpc) is 3.11. The summed E-state index contributed by atoms with van der Waals surface area (Å²) in [5, 5.41) is 4.39. The van der Waals surface area contributed by atoms with Crippen LogP contribution in [0.15, 0.2) is 18.3 Å². The smallest absolute Gasteiger partial charge is 0.261 e. The standard InChI is InChI=1S/C18H28N6O2S/c1-13(2)24-18(8-9-19-24)17-11-16(20-14(3)21-17)15-7-6-10-23(12-15)27(25,26)22(4)5/h8-9,11,13,15H,6-7,10,12H2,1-5H3. The van der Waals surface area contributed by atoms with E-state index in [1.54, 1.807) is 24.6 Å². The van der Waals surface area contributed by atoms with Crippen molar-refractivity contribution in [3.8, 4) is 11.4 Å². The van der Waals surface area contributed by atoms with Gasteiger partial charge in [0.2, 0.25) is 0 Å². The number of piperidine rings is 1. The van der Waals surface area contributed by atoms with Gasteiger partial charge in [-0.05, 0) is 45.7 Å². The van der Waals surface area contributed by atoms with Crippen LogP contribution in [0.3, 0.4) is 0 Å². The average molecular weight is 393 g/mol. The topological polar surface area (TPSA) is 84.2 Å². The Balaban J connectivity index is 1.93. The Labute approximate surface area is 161 Å². The number of hydrogen-bond acceptors (Lipinski definition) is 5. The Morgan fingerprint density at radius 1 is 1.26 bits per heavy atom. The number of aryl methyl sites for hydroxylation is 1. The third kappa shape index (κ3) is 4.04. The summed E-state index contributed by atoms with van der Waals surface area (Å²) in [7, 11) is -0.276. The van der Waals surface area contributed by atoms with Crippen LogP contribution in [0.25, 0.3) is 11.4 Å². The van der Waals surface area contributed by atoms with Crippen LogP contribution in [0.1, 0.15) is 50.2 Å². The highest BCUT2D eigenvalue weighted by molar-refractivity contribution is 7.86. The number of rotatable bonds is 5. The highest BCUT2D eigenvalue weighted by Crippen LogP contribution is 2.30. The van der Waals surface area contributed by atoms with Gasteiger partial charge in [0, 0.05) is 51.0 Å². The Morgan fingerprint density at radius 3 is 2.67 bits per heavy atom. The first kappa shape index (κ1) is 19.9. The molecule has 1 unspecified atom stereocenters. The quantitative estimate of drug-likeness (QED) is 0.779. The summed E-state index contributed by atoms with van der Waals surface area (Å²) >= 11 is 0. The van der Waals surface area contributed by atoms with Crippen LogP contribution >= 0.6 is 0 Å². The fourth-order valence-corrected chi connectivity index (χ4v) is 4.67. The van der Waals surface area contributed by atoms with E-state index in [0.717, 1.165) is 29.9 Å². The Morgan fingerprint density at radius 2 is 2.00 bits per heavy atom. The minimum absolute atomic E-state index is 0.0596. The van der Waals surface area contributed by atoms with E-state index in [2.05, 4.69) is 28.9 Å². The Kier molecular flexibility index (Phi) is 5.64. The van der Waals surface area contributed by atoms with Crippen molar-refractivity contribution in [2.75, 3.05) is 27.2 Å².